The van der Waals surface area contributed by atoms with Crippen molar-refractivity contribution in [2.45, 2.75) is 25.3 Å². The Balaban J connectivity index is 2.48. The maximum atomic E-state index is 12.4. The molecule has 3 N–H and O–H groups in total. The van der Waals surface area contributed by atoms with Crippen LogP contribution in [-0.4, -0.2) is 46.7 Å². The number of methoxy groups -OCH3 is 1. The van der Waals surface area contributed by atoms with Crippen LogP contribution in [-0.2, 0) is 11.9 Å². The highest BCUT2D eigenvalue weighted by Gasteiger charge is 2.25. The third-order valence-electron chi connectivity index (χ3n) is 3.71. The van der Waals surface area contributed by atoms with Crippen molar-refractivity contribution < 1.29 is 19.5 Å². The number of aromatic nitrogens is 2. The molecule has 1 aliphatic rings. The van der Waals surface area contributed by atoms with Gasteiger partial charge >= 0.3 is 5.97 Å². The minimum Gasteiger partial charge on any atom is -0.489 e. The lowest BCUT2D eigenvalue weighted by atomic mass is 9.94. The van der Waals surface area contributed by atoms with Gasteiger partial charge in [-0.3, -0.25) is 14.4 Å². The van der Waals surface area contributed by atoms with Gasteiger partial charge in [-0.2, -0.15) is 0 Å². The van der Waals surface area contributed by atoms with Crippen LogP contribution >= 0.6 is 0 Å². The van der Waals surface area contributed by atoms with Gasteiger partial charge in [0.2, 0.25) is 5.75 Å². The van der Waals surface area contributed by atoms with Crippen LogP contribution in [0.15, 0.2) is 22.2 Å². The molecule has 10 heteroatoms. The van der Waals surface area contributed by atoms with E-state index in [-0.39, 0.29) is 23.5 Å². The quantitative estimate of drug-likeness (QED) is 0.271. The fraction of sp³-hybridized carbons (Fsp3) is 0.467. The molecule has 1 aliphatic carbocycles. The average molecular weight is 351 g/mol. The molecule has 0 unspecified atom stereocenters. The van der Waals surface area contributed by atoms with Crippen molar-refractivity contribution in [2.24, 2.45) is 12.0 Å². The molecule has 1 saturated carbocycles. The maximum absolute atomic E-state index is 12.4. The summed E-state index contributed by atoms with van der Waals surface area (Å²) in [7, 11) is 4.38. The third-order valence-corrected chi connectivity index (χ3v) is 3.71. The van der Waals surface area contributed by atoms with E-state index in [1.54, 1.807) is 7.05 Å². The summed E-state index contributed by atoms with van der Waals surface area (Å²) in [5, 5.41) is 12.1. The average Bonchev–Trinajstić information content (AvgIpc) is 2.55. The van der Waals surface area contributed by atoms with Crippen molar-refractivity contribution >= 4 is 11.8 Å². The predicted molar refractivity (Wildman–Crippen MR) is 89.6 cm³/mol. The number of aliphatic imine (C=N–C) groups is 1. The molecule has 1 aromatic heterocycles. The van der Waals surface area contributed by atoms with Gasteiger partial charge in [0.25, 0.3) is 5.56 Å². The maximum Gasteiger partial charge on any atom is 0.358 e. The van der Waals surface area contributed by atoms with Crippen molar-refractivity contribution in [1.29, 1.82) is 0 Å². The second-order valence-corrected chi connectivity index (χ2v) is 5.36. The second-order valence-electron chi connectivity index (χ2n) is 5.36. The molecular formula is C15H21N5O5. The number of hydrogen-bond donors (Lipinski definition) is 3. The predicted octanol–water partition coefficient (Wildman–Crippen LogP) is -0.00200. The van der Waals surface area contributed by atoms with Gasteiger partial charge in [0, 0.05) is 20.3 Å². The number of ether oxygens (including phenoxy) is 1. The lowest BCUT2D eigenvalue weighted by Crippen LogP contribution is -2.36. The fourth-order valence-corrected chi connectivity index (χ4v) is 2.14. The smallest absolute Gasteiger partial charge is 0.358 e. The number of hydrogen-bond acceptors (Lipinski definition) is 7. The number of rotatable bonds is 7. The number of carbonyl (C=O) groups is 1. The SMILES string of the molecule is CN/C=C\ONC(=NC1CCC1)c1nc(C(=O)O)c(OC)c(=O)n1C. The highest BCUT2D eigenvalue weighted by molar-refractivity contribution is 5.97. The molecule has 1 heterocycles. The molecule has 0 atom stereocenters. The van der Waals surface area contributed by atoms with Crippen LogP contribution < -0.4 is 21.1 Å². The fourth-order valence-electron chi connectivity index (χ4n) is 2.14. The number of carboxylic acids is 1. The Hall–Kier alpha value is -3.04. The first-order chi connectivity index (χ1) is 12.0. The van der Waals surface area contributed by atoms with Gasteiger partial charge in [-0.05, 0) is 19.3 Å². The molecule has 1 aromatic rings. The second kappa shape index (κ2) is 8.18. The van der Waals surface area contributed by atoms with E-state index in [2.05, 4.69) is 20.8 Å². The number of hydroxylamine groups is 1. The summed E-state index contributed by atoms with van der Waals surface area (Å²) in [4.78, 5) is 37.5. The van der Waals surface area contributed by atoms with Crippen LogP contribution in [0.5, 0.6) is 5.75 Å². The van der Waals surface area contributed by atoms with Gasteiger partial charge in [-0.15, -0.1) is 0 Å². The Morgan fingerprint density at radius 2 is 2.20 bits per heavy atom. The minimum atomic E-state index is -1.37. The first-order valence-corrected chi connectivity index (χ1v) is 7.70. The van der Waals surface area contributed by atoms with Gasteiger partial charge in [-0.25, -0.2) is 15.3 Å². The van der Waals surface area contributed by atoms with Crippen LogP contribution in [0.4, 0.5) is 0 Å². The normalized spacial score (nSPS) is 14.9. The van der Waals surface area contributed by atoms with Gasteiger partial charge in [0.15, 0.2) is 17.4 Å². The summed E-state index contributed by atoms with van der Waals surface area (Å²) < 4.78 is 6.06. The van der Waals surface area contributed by atoms with Crippen molar-refractivity contribution in [3.63, 3.8) is 0 Å². The van der Waals surface area contributed by atoms with E-state index in [1.807, 2.05) is 0 Å². The number of aromatic carboxylic acids is 1. The van der Waals surface area contributed by atoms with Crippen LogP contribution in [0, 0.1) is 0 Å². The van der Waals surface area contributed by atoms with Crippen molar-refractivity contribution in [1.82, 2.24) is 20.3 Å². The van der Waals surface area contributed by atoms with E-state index in [0.717, 1.165) is 19.3 Å². The molecular weight excluding hydrogens is 330 g/mol. The zero-order chi connectivity index (χ0) is 18.4. The first-order valence-electron chi connectivity index (χ1n) is 7.70. The van der Waals surface area contributed by atoms with E-state index < -0.39 is 17.2 Å². The van der Waals surface area contributed by atoms with Crippen molar-refractivity contribution in [3.8, 4) is 5.75 Å². The van der Waals surface area contributed by atoms with Gasteiger partial charge in [-0.1, -0.05) is 0 Å². The van der Waals surface area contributed by atoms with Gasteiger partial charge in [0.1, 0.15) is 6.26 Å². The van der Waals surface area contributed by atoms with E-state index in [0.29, 0.717) is 0 Å². The molecule has 0 aliphatic heterocycles. The molecule has 1 fully saturated rings. The molecule has 0 radical (unpaired) electrons. The number of nitrogens with one attached hydrogen (secondary N) is 2. The standard InChI is InChI=1S/C15H21N5O5/c1-16-7-8-25-19-12(17-9-5-4-6-9)13-18-10(15(22)23)11(24-3)14(21)20(13)2/h7-9,16H,4-6H2,1-3H3,(H,17,19)(H,22,23)/b8-7-. The summed E-state index contributed by atoms with van der Waals surface area (Å²) >= 11 is 0. The summed E-state index contributed by atoms with van der Waals surface area (Å²) in [5.74, 6) is -1.48. The van der Waals surface area contributed by atoms with E-state index in [9.17, 15) is 14.7 Å². The Kier molecular flexibility index (Phi) is 5.98. The zero-order valence-corrected chi connectivity index (χ0v) is 14.3. The Morgan fingerprint density at radius 3 is 2.72 bits per heavy atom. The molecule has 10 nitrogen and oxygen atoms in total. The van der Waals surface area contributed by atoms with E-state index in [1.165, 1.54) is 31.2 Å². The topological polar surface area (TPSA) is 127 Å². The Bertz CT molecular complexity index is 751. The lowest BCUT2D eigenvalue weighted by molar-refractivity contribution is 0.0685. The van der Waals surface area contributed by atoms with Crippen molar-refractivity contribution in [3.05, 3.63) is 34.3 Å². The van der Waals surface area contributed by atoms with E-state index >= 15 is 0 Å². The molecule has 0 bridgehead atoms. The number of amidine groups is 1. The largest absolute Gasteiger partial charge is 0.489 e. The highest BCUT2D eigenvalue weighted by Crippen LogP contribution is 2.22. The highest BCUT2D eigenvalue weighted by atomic mass is 16.6. The monoisotopic (exact) mass is 351 g/mol. The zero-order valence-electron chi connectivity index (χ0n) is 14.3. The summed E-state index contributed by atoms with van der Waals surface area (Å²) in [6.45, 7) is 0. The number of carboxylic acid groups (broad SMARTS) is 1. The van der Waals surface area contributed by atoms with Gasteiger partial charge in [0.05, 0.1) is 13.2 Å². The van der Waals surface area contributed by atoms with Gasteiger partial charge < -0.3 is 20.0 Å². The molecule has 0 saturated heterocycles. The Labute approximate surface area is 144 Å². The summed E-state index contributed by atoms with van der Waals surface area (Å²) in [6, 6.07) is 0.0756. The third kappa shape index (κ3) is 4.08. The molecule has 0 amide bonds. The molecule has 0 spiro atoms. The molecule has 2 rings (SSSR count). The Morgan fingerprint density at radius 1 is 1.48 bits per heavy atom. The van der Waals surface area contributed by atoms with E-state index in [4.69, 9.17) is 9.57 Å². The van der Waals surface area contributed by atoms with Crippen LogP contribution in [0.2, 0.25) is 0 Å². The summed E-state index contributed by atoms with van der Waals surface area (Å²) in [6.07, 6.45) is 5.77. The minimum absolute atomic E-state index is 0.0490. The van der Waals surface area contributed by atoms with Crippen LogP contribution in [0.3, 0.4) is 0 Å². The van der Waals surface area contributed by atoms with Crippen LogP contribution in [0.25, 0.3) is 0 Å². The number of nitrogens with zero attached hydrogens (tertiary/aromatic N) is 3. The van der Waals surface area contributed by atoms with Crippen molar-refractivity contribution in [2.75, 3.05) is 14.2 Å². The first kappa shape index (κ1) is 18.3. The lowest BCUT2D eigenvalue weighted by Gasteiger charge is -2.23. The molecule has 136 valence electrons. The van der Waals surface area contributed by atoms with Crippen LogP contribution in [0.1, 0.15) is 35.6 Å². The molecule has 25 heavy (non-hydrogen) atoms. The molecule has 0 aromatic carbocycles. The summed E-state index contributed by atoms with van der Waals surface area (Å²) in [5.41, 5.74) is 1.51.